The van der Waals surface area contributed by atoms with Crippen molar-refractivity contribution in [3.63, 3.8) is 0 Å². The zero-order chi connectivity index (χ0) is 12.8. The van der Waals surface area contributed by atoms with Crippen LogP contribution in [0.25, 0.3) is 0 Å². The number of ether oxygens (including phenoxy) is 3. The molecule has 0 aliphatic carbocycles. The molecule has 1 N–H and O–H groups in total. The Hall–Kier alpha value is -1.11. The summed E-state index contributed by atoms with van der Waals surface area (Å²) in [5, 5.41) is 3.33. The van der Waals surface area contributed by atoms with E-state index in [1.807, 2.05) is 10.8 Å². The summed E-state index contributed by atoms with van der Waals surface area (Å²) in [7, 11) is 3.42. The molecule has 0 bridgehead atoms. The van der Waals surface area contributed by atoms with Crippen LogP contribution in [0.5, 0.6) is 0 Å². The highest BCUT2D eigenvalue weighted by atomic mass is 16.5. The lowest BCUT2D eigenvalue weighted by Crippen LogP contribution is -2.40. The Bertz CT molecular complexity index is 361. The molecular weight excluding hydrogens is 234 g/mol. The first-order chi connectivity index (χ1) is 8.79. The van der Waals surface area contributed by atoms with Crippen LogP contribution in [-0.4, -0.2) is 55.7 Å². The Balaban J connectivity index is 1.91. The average molecular weight is 255 g/mol. The van der Waals surface area contributed by atoms with E-state index in [9.17, 15) is 0 Å². The van der Waals surface area contributed by atoms with E-state index in [0.29, 0.717) is 19.8 Å². The molecule has 0 spiro atoms. The van der Waals surface area contributed by atoms with Crippen LogP contribution < -0.4 is 5.32 Å². The Labute approximate surface area is 107 Å². The molecule has 1 unspecified atom stereocenters. The van der Waals surface area contributed by atoms with Crippen molar-refractivity contribution in [1.82, 2.24) is 9.55 Å². The maximum atomic E-state index is 5.57. The summed E-state index contributed by atoms with van der Waals surface area (Å²) >= 11 is 0. The van der Waals surface area contributed by atoms with Crippen molar-refractivity contribution in [3.05, 3.63) is 12.4 Å². The van der Waals surface area contributed by atoms with Crippen LogP contribution in [0.3, 0.4) is 0 Å². The van der Waals surface area contributed by atoms with Crippen LogP contribution in [-0.2, 0) is 20.8 Å². The third-order valence-corrected chi connectivity index (χ3v) is 3.32. The van der Waals surface area contributed by atoms with Gasteiger partial charge in [-0.1, -0.05) is 0 Å². The first kappa shape index (κ1) is 13.3. The number of aromatic nitrogens is 2. The van der Waals surface area contributed by atoms with E-state index in [4.69, 9.17) is 14.2 Å². The monoisotopic (exact) mass is 255 g/mol. The number of imidazole rings is 1. The van der Waals surface area contributed by atoms with Crippen molar-refractivity contribution in [2.75, 3.05) is 45.9 Å². The van der Waals surface area contributed by atoms with Gasteiger partial charge in [0.25, 0.3) is 0 Å². The van der Waals surface area contributed by atoms with Crippen molar-refractivity contribution in [2.45, 2.75) is 18.6 Å². The predicted octanol–water partition coefficient (Wildman–Crippen LogP) is 0.747. The van der Waals surface area contributed by atoms with Crippen molar-refractivity contribution in [2.24, 2.45) is 0 Å². The largest absolute Gasteiger partial charge is 0.383 e. The van der Waals surface area contributed by atoms with Gasteiger partial charge in [0.05, 0.1) is 13.2 Å². The number of rotatable bonds is 7. The molecule has 1 aromatic rings. The minimum absolute atomic E-state index is 0.224. The smallest absolute Gasteiger partial charge is 0.202 e. The van der Waals surface area contributed by atoms with Gasteiger partial charge in [-0.3, -0.25) is 0 Å². The molecule has 6 nitrogen and oxygen atoms in total. The number of hydrogen-bond acceptors (Lipinski definition) is 5. The summed E-state index contributed by atoms with van der Waals surface area (Å²) in [5.74, 6) is 0.843. The number of anilines is 1. The summed E-state index contributed by atoms with van der Waals surface area (Å²) in [6.45, 7) is 3.55. The summed E-state index contributed by atoms with van der Waals surface area (Å²) < 4.78 is 18.1. The van der Waals surface area contributed by atoms with Crippen molar-refractivity contribution < 1.29 is 14.2 Å². The van der Waals surface area contributed by atoms with E-state index in [-0.39, 0.29) is 5.60 Å². The summed E-state index contributed by atoms with van der Waals surface area (Å²) in [6, 6.07) is 0. The first-order valence-corrected chi connectivity index (χ1v) is 6.16. The van der Waals surface area contributed by atoms with Gasteiger partial charge in [0, 0.05) is 52.7 Å². The van der Waals surface area contributed by atoms with E-state index in [1.165, 1.54) is 0 Å². The predicted molar refractivity (Wildman–Crippen MR) is 67.8 cm³/mol. The van der Waals surface area contributed by atoms with Crippen LogP contribution in [0.1, 0.15) is 6.42 Å². The molecule has 102 valence electrons. The number of hydrogen-bond donors (Lipinski definition) is 1. The fraction of sp³-hybridized carbons (Fsp3) is 0.750. The second kappa shape index (κ2) is 6.17. The molecule has 0 aromatic carbocycles. The normalized spacial score (nSPS) is 23.4. The average Bonchev–Trinajstić information content (AvgIpc) is 3.03. The Morgan fingerprint density at radius 2 is 2.44 bits per heavy atom. The lowest BCUT2D eigenvalue weighted by Gasteiger charge is -2.26. The highest BCUT2D eigenvalue weighted by Crippen LogP contribution is 2.22. The number of nitrogens with one attached hydrogen (secondary N) is 1. The SMILES string of the molecule is COCCn1ccnc1NCC1(OC)CCOC1. The lowest BCUT2D eigenvalue weighted by atomic mass is 10.0. The molecule has 6 heteroatoms. The Morgan fingerprint density at radius 3 is 3.11 bits per heavy atom. The van der Waals surface area contributed by atoms with Crippen LogP contribution in [0.4, 0.5) is 5.95 Å². The maximum Gasteiger partial charge on any atom is 0.202 e. The minimum atomic E-state index is -0.224. The Morgan fingerprint density at radius 1 is 1.56 bits per heavy atom. The van der Waals surface area contributed by atoms with Crippen LogP contribution in [0.2, 0.25) is 0 Å². The molecule has 1 aliphatic heterocycles. The third kappa shape index (κ3) is 3.01. The molecule has 1 aliphatic rings. The topological polar surface area (TPSA) is 57.5 Å². The molecule has 1 saturated heterocycles. The molecule has 18 heavy (non-hydrogen) atoms. The van der Waals surface area contributed by atoms with Gasteiger partial charge in [0.2, 0.25) is 5.95 Å². The molecule has 2 rings (SSSR count). The summed E-state index contributed by atoms with van der Waals surface area (Å²) in [6.07, 6.45) is 4.63. The highest BCUT2D eigenvalue weighted by molar-refractivity contribution is 5.27. The maximum absolute atomic E-state index is 5.57. The molecule has 1 atom stereocenters. The van der Waals surface area contributed by atoms with Crippen molar-refractivity contribution in [1.29, 1.82) is 0 Å². The third-order valence-electron chi connectivity index (χ3n) is 3.32. The van der Waals surface area contributed by atoms with Gasteiger partial charge in [-0.2, -0.15) is 0 Å². The highest BCUT2D eigenvalue weighted by Gasteiger charge is 2.34. The molecule has 1 fully saturated rings. The second-order valence-electron chi connectivity index (χ2n) is 4.48. The van der Waals surface area contributed by atoms with Crippen LogP contribution >= 0.6 is 0 Å². The molecular formula is C12H21N3O3. The van der Waals surface area contributed by atoms with Gasteiger partial charge in [-0.25, -0.2) is 4.98 Å². The fourth-order valence-electron chi connectivity index (χ4n) is 2.05. The van der Waals surface area contributed by atoms with Gasteiger partial charge in [-0.15, -0.1) is 0 Å². The number of nitrogens with zero attached hydrogens (tertiary/aromatic N) is 2. The lowest BCUT2D eigenvalue weighted by molar-refractivity contribution is -0.00636. The van der Waals surface area contributed by atoms with Gasteiger partial charge in [0.1, 0.15) is 5.60 Å². The molecule has 2 heterocycles. The zero-order valence-corrected chi connectivity index (χ0v) is 11.0. The van der Waals surface area contributed by atoms with Crippen LogP contribution in [0.15, 0.2) is 12.4 Å². The van der Waals surface area contributed by atoms with E-state index in [2.05, 4.69) is 10.3 Å². The van der Waals surface area contributed by atoms with Gasteiger partial charge >= 0.3 is 0 Å². The van der Waals surface area contributed by atoms with Crippen molar-refractivity contribution >= 4 is 5.95 Å². The summed E-state index contributed by atoms with van der Waals surface area (Å²) in [4.78, 5) is 4.30. The molecule has 1 aromatic heterocycles. The van der Waals surface area contributed by atoms with Gasteiger partial charge < -0.3 is 24.1 Å². The van der Waals surface area contributed by atoms with E-state index >= 15 is 0 Å². The first-order valence-electron chi connectivity index (χ1n) is 6.16. The van der Waals surface area contributed by atoms with Gasteiger partial charge in [-0.05, 0) is 0 Å². The van der Waals surface area contributed by atoms with Gasteiger partial charge in [0.15, 0.2) is 0 Å². The number of methoxy groups -OCH3 is 2. The standard InChI is InChI=1S/C12H21N3O3/c1-16-8-6-15-5-4-13-11(15)14-9-12(17-2)3-7-18-10-12/h4-5H,3,6-10H2,1-2H3,(H,13,14). The zero-order valence-electron chi connectivity index (χ0n) is 11.0. The second-order valence-corrected chi connectivity index (χ2v) is 4.48. The quantitative estimate of drug-likeness (QED) is 0.779. The molecule has 0 amide bonds. The van der Waals surface area contributed by atoms with Crippen molar-refractivity contribution in [3.8, 4) is 0 Å². The van der Waals surface area contributed by atoms with Crippen LogP contribution in [0, 0.1) is 0 Å². The Kier molecular flexibility index (Phi) is 4.57. The van der Waals surface area contributed by atoms with E-state index in [1.54, 1.807) is 20.4 Å². The van der Waals surface area contributed by atoms with E-state index in [0.717, 1.165) is 25.5 Å². The fourth-order valence-corrected chi connectivity index (χ4v) is 2.05. The minimum Gasteiger partial charge on any atom is -0.383 e. The molecule has 0 saturated carbocycles. The summed E-state index contributed by atoms with van der Waals surface area (Å²) in [5.41, 5.74) is -0.224. The van der Waals surface area contributed by atoms with E-state index < -0.39 is 0 Å². The molecule has 0 radical (unpaired) electrons.